The number of ether oxygens (including phenoxy) is 1. The van der Waals surface area contributed by atoms with Crippen molar-refractivity contribution in [3.63, 3.8) is 0 Å². The fourth-order valence-corrected chi connectivity index (χ4v) is 2.55. The maximum Gasteiger partial charge on any atom is 0.280 e. The van der Waals surface area contributed by atoms with Crippen LogP contribution in [0.4, 0.5) is 0 Å². The monoisotopic (exact) mass is 387 g/mol. The molecule has 2 aromatic carbocycles. The lowest BCUT2D eigenvalue weighted by Crippen LogP contribution is -2.33. The van der Waals surface area contributed by atoms with Crippen LogP contribution in [0.25, 0.3) is 10.9 Å². The molecule has 0 aliphatic carbocycles. The number of fused-ring (bicyclic) bond motifs is 1. The zero-order chi connectivity index (χ0) is 18.5. The van der Waals surface area contributed by atoms with Crippen LogP contribution < -0.4 is 10.2 Å². The summed E-state index contributed by atoms with van der Waals surface area (Å²) < 4.78 is 5.53. The van der Waals surface area contributed by atoms with E-state index in [4.69, 9.17) is 27.9 Å². The first kappa shape index (κ1) is 18.2. The van der Waals surface area contributed by atoms with Crippen LogP contribution in [0.3, 0.4) is 0 Å². The first-order chi connectivity index (χ1) is 12.5. The topological polar surface area (TPSA) is 63.6 Å². The van der Waals surface area contributed by atoms with Crippen LogP contribution in [0.2, 0.25) is 10.2 Å². The number of hydrazone groups is 1. The number of aromatic nitrogens is 1. The molecule has 3 rings (SSSR count). The van der Waals surface area contributed by atoms with Gasteiger partial charge in [-0.05, 0) is 43.3 Å². The zero-order valence-corrected chi connectivity index (χ0v) is 15.3. The summed E-state index contributed by atoms with van der Waals surface area (Å²) in [7, 11) is 0. The molecule has 132 valence electrons. The largest absolute Gasteiger partial charge is 0.481 e. The minimum Gasteiger partial charge on any atom is -0.481 e. The predicted molar refractivity (Wildman–Crippen MR) is 104 cm³/mol. The van der Waals surface area contributed by atoms with Crippen LogP contribution in [-0.4, -0.2) is 23.2 Å². The number of carbonyl (C=O) groups excluding carboxylic acids is 1. The molecule has 0 spiro atoms. The molecule has 1 unspecified atom stereocenters. The molecule has 5 nitrogen and oxygen atoms in total. The van der Waals surface area contributed by atoms with E-state index in [0.29, 0.717) is 21.5 Å². The smallest absolute Gasteiger partial charge is 0.280 e. The van der Waals surface area contributed by atoms with Crippen molar-refractivity contribution < 1.29 is 9.53 Å². The van der Waals surface area contributed by atoms with E-state index in [2.05, 4.69) is 15.5 Å². The van der Waals surface area contributed by atoms with Crippen molar-refractivity contribution in [2.75, 3.05) is 0 Å². The lowest BCUT2D eigenvalue weighted by atomic mass is 10.2. The first-order valence-electron chi connectivity index (χ1n) is 7.83. The van der Waals surface area contributed by atoms with Crippen molar-refractivity contribution in [1.29, 1.82) is 0 Å². The number of halogens is 2. The minimum absolute atomic E-state index is 0.312. The predicted octanol–water partition coefficient (Wildman–Crippen LogP) is 4.46. The van der Waals surface area contributed by atoms with Crippen molar-refractivity contribution in [1.82, 2.24) is 10.4 Å². The molecule has 1 heterocycles. The summed E-state index contributed by atoms with van der Waals surface area (Å²) in [6.07, 6.45) is 0.729. The Bertz CT molecular complexity index is 959. The van der Waals surface area contributed by atoms with Gasteiger partial charge >= 0.3 is 0 Å². The van der Waals surface area contributed by atoms with Crippen LogP contribution in [0.15, 0.2) is 59.7 Å². The second-order valence-corrected chi connectivity index (χ2v) is 6.30. The van der Waals surface area contributed by atoms with Gasteiger partial charge in [0.1, 0.15) is 10.9 Å². The van der Waals surface area contributed by atoms with Crippen LogP contribution in [0.5, 0.6) is 5.75 Å². The molecule has 1 atom stereocenters. The number of amides is 1. The maximum atomic E-state index is 12.1. The van der Waals surface area contributed by atoms with E-state index >= 15 is 0 Å². The molecule has 0 aliphatic rings. The lowest BCUT2D eigenvalue weighted by molar-refractivity contribution is -0.127. The molecule has 7 heteroatoms. The number of nitrogens with one attached hydrogen (secondary N) is 1. The highest BCUT2D eigenvalue weighted by atomic mass is 35.5. The number of rotatable bonds is 5. The zero-order valence-electron chi connectivity index (χ0n) is 13.8. The van der Waals surface area contributed by atoms with E-state index in [9.17, 15) is 4.79 Å². The molecule has 0 aliphatic heterocycles. The van der Waals surface area contributed by atoms with Gasteiger partial charge in [0.05, 0.1) is 11.7 Å². The molecule has 1 aromatic heterocycles. The van der Waals surface area contributed by atoms with Crippen molar-refractivity contribution in [3.05, 3.63) is 70.3 Å². The molecule has 3 aromatic rings. The van der Waals surface area contributed by atoms with Crippen molar-refractivity contribution >= 4 is 46.2 Å². The van der Waals surface area contributed by atoms with E-state index < -0.39 is 6.10 Å². The second-order valence-electron chi connectivity index (χ2n) is 5.51. The summed E-state index contributed by atoms with van der Waals surface area (Å²) in [4.78, 5) is 16.4. The Morgan fingerprint density at radius 1 is 1.19 bits per heavy atom. The Morgan fingerprint density at radius 3 is 2.69 bits per heavy atom. The third kappa shape index (κ3) is 4.50. The molecule has 0 fully saturated rings. The summed E-state index contributed by atoms with van der Waals surface area (Å²) in [5.41, 5.74) is 3.83. The SMILES string of the molecule is CC(Oc1ccc(Cl)cc1)C(=O)N/N=C/c1cc2ccccc2nc1Cl. The number of para-hydroxylation sites is 1. The van der Waals surface area contributed by atoms with E-state index in [1.165, 1.54) is 6.21 Å². The fourth-order valence-electron chi connectivity index (χ4n) is 2.23. The number of benzene rings is 2. The van der Waals surface area contributed by atoms with Gasteiger partial charge < -0.3 is 4.74 Å². The van der Waals surface area contributed by atoms with Crippen LogP contribution in [-0.2, 0) is 4.79 Å². The van der Waals surface area contributed by atoms with E-state index in [1.807, 2.05) is 30.3 Å². The molecule has 1 N–H and O–H groups in total. The second kappa shape index (κ2) is 8.17. The van der Waals surface area contributed by atoms with Gasteiger partial charge in [-0.3, -0.25) is 4.79 Å². The summed E-state index contributed by atoms with van der Waals surface area (Å²) in [5, 5.41) is 5.78. The van der Waals surface area contributed by atoms with Crippen LogP contribution in [0.1, 0.15) is 12.5 Å². The third-order valence-electron chi connectivity index (χ3n) is 3.58. The van der Waals surface area contributed by atoms with Crippen molar-refractivity contribution in [2.24, 2.45) is 5.10 Å². The fraction of sp³-hybridized carbons (Fsp3) is 0.105. The minimum atomic E-state index is -0.724. The quantitative estimate of drug-likeness (QED) is 0.399. The van der Waals surface area contributed by atoms with E-state index in [-0.39, 0.29) is 5.91 Å². The van der Waals surface area contributed by atoms with Crippen LogP contribution >= 0.6 is 23.2 Å². The van der Waals surface area contributed by atoms with E-state index in [0.717, 1.165) is 10.9 Å². The van der Waals surface area contributed by atoms with E-state index in [1.54, 1.807) is 31.2 Å². The highest BCUT2D eigenvalue weighted by molar-refractivity contribution is 6.32. The average Bonchev–Trinajstić information content (AvgIpc) is 2.63. The molecular weight excluding hydrogens is 373 g/mol. The standard InChI is InChI=1S/C19H15Cl2N3O2/c1-12(26-16-8-6-15(20)7-9-16)19(25)24-22-11-14-10-13-4-2-3-5-17(13)23-18(14)21/h2-12H,1H3,(H,24,25)/b22-11+. The first-order valence-corrected chi connectivity index (χ1v) is 8.59. The maximum absolute atomic E-state index is 12.1. The number of carbonyl (C=O) groups is 1. The Kier molecular flexibility index (Phi) is 5.71. The molecule has 0 bridgehead atoms. The lowest BCUT2D eigenvalue weighted by Gasteiger charge is -2.12. The molecular formula is C19H15Cl2N3O2. The third-order valence-corrected chi connectivity index (χ3v) is 4.13. The van der Waals surface area contributed by atoms with Gasteiger partial charge in [0.25, 0.3) is 5.91 Å². The molecule has 0 radical (unpaired) electrons. The van der Waals surface area contributed by atoms with Gasteiger partial charge in [0.15, 0.2) is 6.10 Å². The normalized spacial score (nSPS) is 12.3. The Balaban J connectivity index is 1.63. The van der Waals surface area contributed by atoms with Gasteiger partial charge in [-0.15, -0.1) is 0 Å². The van der Waals surface area contributed by atoms with Gasteiger partial charge in [-0.2, -0.15) is 5.10 Å². The highest BCUT2D eigenvalue weighted by Crippen LogP contribution is 2.19. The Morgan fingerprint density at radius 2 is 1.92 bits per heavy atom. The Hall–Kier alpha value is -2.63. The number of hydrogen-bond donors (Lipinski definition) is 1. The van der Waals surface area contributed by atoms with Gasteiger partial charge in [-0.25, -0.2) is 10.4 Å². The highest BCUT2D eigenvalue weighted by Gasteiger charge is 2.14. The summed E-state index contributed by atoms with van der Waals surface area (Å²) in [5.74, 6) is 0.156. The number of hydrogen-bond acceptors (Lipinski definition) is 4. The van der Waals surface area contributed by atoms with Crippen molar-refractivity contribution in [3.8, 4) is 5.75 Å². The molecule has 0 saturated heterocycles. The number of pyridine rings is 1. The average molecular weight is 388 g/mol. The number of nitrogens with zero attached hydrogens (tertiary/aromatic N) is 2. The summed E-state index contributed by atoms with van der Waals surface area (Å²) >= 11 is 12.0. The molecule has 26 heavy (non-hydrogen) atoms. The van der Waals surface area contributed by atoms with Gasteiger partial charge in [0, 0.05) is 16.0 Å². The van der Waals surface area contributed by atoms with Gasteiger partial charge in [-0.1, -0.05) is 41.4 Å². The van der Waals surface area contributed by atoms with Crippen LogP contribution in [0, 0.1) is 0 Å². The summed E-state index contributed by atoms with van der Waals surface area (Å²) in [6.45, 7) is 1.63. The molecule has 1 amide bonds. The Labute approximate surface area is 160 Å². The molecule has 0 saturated carbocycles. The summed E-state index contributed by atoms with van der Waals surface area (Å²) in [6, 6.07) is 16.2. The van der Waals surface area contributed by atoms with Gasteiger partial charge in [0.2, 0.25) is 0 Å². The van der Waals surface area contributed by atoms with Crippen molar-refractivity contribution in [2.45, 2.75) is 13.0 Å².